The molecule has 0 bridgehead atoms. The number of aromatic nitrogens is 2. The zero-order chi connectivity index (χ0) is 13.0. The molecule has 18 heavy (non-hydrogen) atoms. The highest BCUT2D eigenvalue weighted by Gasteiger charge is 2.15. The van der Waals surface area contributed by atoms with Gasteiger partial charge in [0.15, 0.2) is 5.78 Å². The third-order valence-corrected chi connectivity index (χ3v) is 3.75. The second kappa shape index (κ2) is 5.87. The van der Waals surface area contributed by atoms with Crippen LogP contribution in [0.3, 0.4) is 0 Å². The van der Waals surface area contributed by atoms with E-state index < -0.39 is 0 Å². The number of aryl methyl sites for hydroxylation is 2. The average molecular weight is 260 g/mol. The Hall–Kier alpha value is -1.55. The molecule has 1 aromatic carbocycles. The molecule has 2 rings (SSSR count). The summed E-state index contributed by atoms with van der Waals surface area (Å²) in [6.07, 6.45) is 2.21. The van der Waals surface area contributed by atoms with Crippen LogP contribution in [0.25, 0.3) is 0 Å². The van der Waals surface area contributed by atoms with E-state index >= 15 is 0 Å². The quantitative estimate of drug-likeness (QED) is 0.776. The van der Waals surface area contributed by atoms with E-state index in [-0.39, 0.29) is 5.78 Å². The molecule has 0 spiro atoms. The molecule has 0 aliphatic carbocycles. The lowest BCUT2D eigenvalue weighted by atomic mass is 10.0. The summed E-state index contributed by atoms with van der Waals surface area (Å²) >= 11 is 1.20. The lowest BCUT2D eigenvalue weighted by molar-refractivity contribution is 0.0996. The Morgan fingerprint density at radius 2 is 1.78 bits per heavy atom. The summed E-state index contributed by atoms with van der Waals surface area (Å²) < 4.78 is 3.85. The second-order valence-electron chi connectivity index (χ2n) is 4.17. The zero-order valence-electron chi connectivity index (χ0n) is 10.6. The molecule has 0 unspecified atom stereocenters. The van der Waals surface area contributed by atoms with Gasteiger partial charge in [-0.15, -0.1) is 5.10 Å². The largest absolute Gasteiger partial charge is 0.293 e. The van der Waals surface area contributed by atoms with Crippen molar-refractivity contribution in [3.8, 4) is 0 Å². The molecular weight excluding hydrogens is 244 g/mol. The molecule has 0 saturated carbocycles. The predicted octanol–water partition coefficient (Wildman–Crippen LogP) is 3.09. The number of benzene rings is 1. The van der Waals surface area contributed by atoms with Crippen molar-refractivity contribution in [3.63, 3.8) is 0 Å². The van der Waals surface area contributed by atoms with Gasteiger partial charge in [-0.2, -0.15) is 0 Å². The maximum atomic E-state index is 12.1. The number of hydrogen-bond donors (Lipinski definition) is 0. The number of ketones is 1. The topological polar surface area (TPSA) is 42.9 Å². The van der Waals surface area contributed by atoms with Crippen molar-refractivity contribution < 1.29 is 4.79 Å². The molecule has 2 aromatic rings. The number of carbonyl (C=O) groups excluding carboxylic acids is 1. The van der Waals surface area contributed by atoms with Gasteiger partial charge < -0.3 is 0 Å². The van der Waals surface area contributed by atoms with Gasteiger partial charge in [-0.25, -0.2) is 0 Å². The van der Waals surface area contributed by atoms with E-state index in [0.29, 0.717) is 11.3 Å². The van der Waals surface area contributed by atoms with Crippen LogP contribution in [0.2, 0.25) is 0 Å². The number of hydrogen-bond acceptors (Lipinski definition) is 4. The van der Waals surface area contributed by atoms with E-state index in [9.17, 15) is 4.79 Å². The van der Waals surface area contributed by atoms with Crippen LogP contribution in [0, 0.1) is 0 Å². The zero-order valence-corrected chi connectivity index (χ0v) is 11.5. The third kappa shape index (κ3) is 2.82. The van der Waals surface area contributed by atoms with Crippen molar-refractivity contribution in [2.45, 2.75) is 33.1 Å². The first-order valence-electron chi connectivity index (χ1n) is 6.16. The van der Waals surface area contributed by atoms with Gasteiger partial charge in [-0.3, -0.25) is 4.79 Å². The standard InChI is InChI=1S/C14H16N2OS/c1-3-10-5-7-11(8-6-10)9-13(17)14-12(4-2)15-16-18-14/h5-8H,3-4,9H2,1-2H3. The molecular formula is C14H16N2OS. The summed E-state index contributed by atoms with van der Waals surface area (Å²) in [5, 5.41) is 3.97. The maximum absolute atomic E-state index is 12.1. The van der Waals surface area contributed by atoms with E-state index in [1.807, 2.05) is 19.1 Å². The third-order valence-electron chi connectivity index (χ3n) is 2.94. The highest BCUT2D eigenvalue weighted by atomic mass is 32.1. The van der Waals surface area contributed by atoms with Gasteiger partial charge in [0.2, 0.25) is 0 Å². The van der Waals surface area contributed by atoms with Gasteiger partial charge in [-0.05, 0) is 35.5 Å². The fourth-order valence-corrected chi connectivity index (χ4v) is 2.50. The second-order valence-corrected chi connectivity index (χ2v) is 4.93. The molecule has 0 aliphatic heterocycles. The van der Waals surface area contributed by atoms with E-state index in [4.69, 9.17) is 0 Å². The molecule has 94 valence electrons. The predicted molar refractivity (Wildman–Crippen MR) is 73.1 cm³/mol. The number of rotatable bonds is 5. The Labute approximate surface area is 111 Å². The molecule has 1 heterocycles. The van der Waals surface area contributed by atoms with Crippen LogP contribution < -0.4 is 0 Å². The van der Waals surface area contributed by atoms with Crippen molar-refractivity contribution in [2.24, 2.45) is 0 Å². The van der Waals surface area contributed by atoms with Gasteiger partial charge in [0.1, 0.15) is 4.88 Å². The molecule has 1 aromatic heterocycles. The molecule has 0 aliphatic rings. The molecule has 4 heteroatoms. The van der Waals surface area contributed by atoms with Crippen LogP contribution >= 0.6 is 11.5 Å². The number of Topliss-reactive ketones (excluding diaryl/α,β-unsaturated/α-hetero) is 1. The maximum Gasteiger partial charge on any atom is 0.180 e. The smallest absolute Gasteiger partial charge is 0.180 e. The van der Waals surface area contributed by atoms with Crippen LogP contribution in [0.5, 0.6) is 0 Å². The Balaban J connectivity index is 2.11. The fraction of sp³-hybridized carbons (Fsp3) is 0.357. The van der Waals surface area contributed by atoms with Crippen molar-refractivity contribution in [2.75, 3.05) is 0 Å². The Morgan fingerprint density at radius 1 is 1.11 bits per heavy atom. The minimum atomic E-state index is 0.117. The van der Waals surface area contributed by atoms with Gasteiger partial charge in [0.05, 0.1) is 5.69 Å². The summed E-state index contributed by atoms with van der Waals surface area (Å²) in [7, 11) is 0. The first-order chi connectivity index (χ1) is 8.74. The van der Waals surface area contributed by atoms with Gasteiger partial charge in [-0.1, -0.05) is 42.6 Å². The molecule has 0 N–H and O–H groups in total. The summed E-state index contributed by atoms with van der Waals surface area (Å²) in [5.41, 5.74) is 3.16. The lowest BCUT2D eigenvalue weighted by Crippen LogP contribution is -2.04. The fourth-order valence-electron chi connectivity index (χ4n) is 1.81. The molecule has 0 radical (unpaired) electrons. The number of carbonyl (C=O) groups is 1. The Bertz CT molecular complexity index is 531. The van der Waals surface area contributed by atoms with E-state index in [0.717, 1.165) is 24.1 Å². The average Bonchev–Trinajstić information content (AvgIpc) is 2.88. The normalized spacial score (nSPS) is 10.6. The summed E-state index contributed by atoms with van der Waals surface area (Å²) in [5.74, 6) is 0.117. The van der Waals surface area contributed by atoms with Gasteiger partial charge in [0.25, 0.3) is 0 Å². The van der Waals surface area contributed by atoms with E-state index in [1.165, 1.54) is 17.1 Å². The SMILES string of the molecule is CCc1ccc(CC(=O)c2snnc2CC)cc1. The van der Waals surface area contributed by atoms with Crippen LogP contribution in [0.1, 0.15) is 40.3 Å². The lowest BCUT2D eigenvalue weighted by Gasteiger charge is -2.02. The first-order valence-corrected chi connectivity index (χ1v) is 6.94. The molecule has 0 amide bonds. The summed E-state index contributed by atoms with van der Waals surface area (Å²) in [6, 6.07) is 8.20. The minimum Gasteiger partial charge on any atom is -0.293 e. The summed E-state index contributed by atoms with van der Waals surface area (Å²) in [4.78, 5) is 12.8. The van der Waals surface area contributed by atoms with Crippen molar-refractivity contribution in [3.05, 3.63) is 46.0 Å². The van der Waals surface area contributed by atoms with Crippen LogP contribution in [0.4, 0.5) is 0 Å². The van der Waals surface area contributed by atoms with Crippen molar-refractivity contribution in [1.29, 1.82) is 0 Å². The van der Waals surface area contributed by atoms with Crippen LogP contribution in [-0.4, -0.2) is 15.4 Å². The highest BCUT2D eigenvalue weighted by molar-refractivity contribution is 7.08. The minimum absolute atomic E-state index is 0.117. The Morgan fingerprint density at radius 3 is 2.39 bits per heavy atom. The monoisotopic (exact) mass is 260 g/mol. The number of nitrogens with zero attached hydrogens (tertiary/aromatic N) is 2. The van der Waals surface area contributed by atoms with E-state index in [2.05, 4.69) is 28.6 Å². The van der Waals surface area contributed by atoms with Gasteiger partial charge in [0, 0.05) is 6.42 Å². The highest BCUT2D eigenvalue weighted by Crippen LogP contribution is 2.15. The molecule has 0 atom stereocenters. The van der Waals surface area contributed by atoms with Crippen LogP contribution in [0.15, 0.2) is 24.3 Å². The van der Waals surface area contributed by atoms with Crippen molar-refractivity contribution >= 4 is 17.3 Å². The molecule has 0 saturated heterocycles. The van der Waals surface area contributed by atoms with Crippen molar-refractivity contribution in [1.82, 2.24) is 9.59 Å². The molecule has 3 nitrogen and oxygen atoms in total. The first kappa shape index (κ1) is 12.9. The Kier molecular flexibility index (Phi) is 4.20. The van der Waals surface area contributed by atoms with Crippen LogP contribution in [-0.2, 0) is 19.3 Å². The van der Waals surface area contributed by atoms with E-state index in [1.54, 1.807) is 0 Å². The van der Waals surface area contributed by atoms with Gasteiger partial charge >= 0.3 is 0 Å². The summed E-state index contributed by atoms with van der Waals surface area (Å²) in [6.45, 7) is 4.11. The molecule has 0 fully saturated rings.